The summed E-state index contributed by atoms with van der Waals surface area (Å²) in [6, 6.07) is 4.86. The van der Waals surface area contributed by atoms with Crippen molar-refractivity contribution in [2.45, 2.75) is 25.3 Å². The maximum absolute atomic E-state index is 13.1. The van der Waals surface area contributed by atoms with E-state index in [4.69, 9.17) is 5.73 Å². The van der Waals surface area contributed by atoms with Crippen LogP contribution in [0.25, 0.3) is 0 Å². The van der Waals surface area contributed by atoms with E-state index in [9.17, 15) is 4.39 Å². The Kier molecular flexibility index (Phi) is 2.88. The quantitative estimate of drug-likeness (QED) is 0.883. The summed E-state index contributed by atoms with van der Waals surface area (Å²) in [5.74, 6) is 0.549. The van der Waals surface area contributed by atoms with Gasteiger partial charge in [0.25, 0.3) is 0 Å². The van der Waals surface area contributed by atoms with Crippen molar-refractivity contribution in [3.05, 3.63) is 34.1 Å². The molecule has 1 aromatic carbocycles. The maximum atomic E-state index is 13.1. The van der Waals surface area contributed by atoms with Gasteiger partial charge in [0.15, 0.2) is 0 Å². The Labute approximate surface area is 91.6 Å². The van der Waals surface area contributed by atoms with Crippen molar-refractivity contribution in [1.82, 2.24) is 0 Å². The highest BCUT2D eigenvalue weighted by Crippen LogP contribution is 2.37. The summed E-state index contributed by atoms with van der Waals surface area (Å²) < 4.78 is 13.8. The van der Waals surface area contributed by atoms with Gasteiger partial charge in [-0.15, -0.1) is 0 Å². The number of benzene rings is 1. The van der Waals surface area contributed by atoms with Crippen LogP contribution in [0.2, 0.25) is 0 Å². The zero-order valence-electron chi connectivity index (χ0n) is 7.84. The molecule has 14 heavy (non-hydrogen) atoms. The average Bonchev–Trinajstić information content (AvgIpc) is 2.86. The van der Waals surface area contributed by atoms with Gasteiger partial charge < -0.3 is 5.73 Å². The van der Waals surface area contributed by atoms with Crippen LogP contribution in [0, 0.1) is 11.7 Å². The fraction of sp³-hybridized carbons (Fsp3) is 0.455. The van der Waals surface area contributed by atoms with Crippen LogP contribution in [0.3, 0.4) is 0 Å². The molecule has 3 heteroatoms. The zero-order valence-corrected chi connectivity index (χ0v) is 9.43. The zero-order chi connectivity index (χ0) is 10.1. The first-order chi connectivity index (χ1) is 6.65. The number of rotatable bonds is 3. The summed E-state index contributed by atoms with van der Waals surface area (Å²) in [6.07, 6.45) is 3.55. The molecule has 76 valence electrons. The Morgan fingerprint density at radius 3 is 2.71 bits per heavy atom. The summed E-state index contributed by atoms with van der Waals surface area (Å²) in [7, 11) is 0. The molecule has 0 aromatic heterocycles. The van der Waals surface area contributed by atoms with Crippen LogP contribution in [0.1, 0.15) is 30.9 Å². The van der Waals surface area contributed by atoms with Gasteiger partial charge in [0.2, 0.25) is 0 Å². The fourth-order valence-corrected chi connectivity index (χ4v) is 2.12. The molecule has 0 spiro atoms. The van der Waals surface area contributed by atoms with Crippen LogP contribution in [0.4, 0.5) is 4.39 Å². The van der Waals surface area contributed by atoms with E-state index in [1.807, 2.05) is 6.07 Å². The molecule has 1 aliphatic rings. The predicted molar refractivity (Wildman–Crippen MR) is 58.4 cm³/mol. The number of hydrogen-bond donors (Lipinski definition) is 1. The maximum Gasteiger partial charge on any atom is 0.124 e. The Morgan fingerprint density at radius 2 is 2.14 bits per heavy atom. The van der Waals surface area contributed by atoms with E-state index < -0.39 is 0 Å². The topological polar surface area (TPSA) is 26.0 Å². The lowest BCUT2D eigenvalue weighted by Gasteiger charge is -2.11. The van der Waals surface area contributed by atoms with Crippen LogP contribution in [0.5, 0.6) is 0 Å². The smallest absolute Gasteiger partial charge is 0.124 e. The molecule has 0 saturated heterocycles. The highest BCUT2D eigenvalue weighted by Gasteiger charge is 2.24. The van der Waals surface area contributed by atoms with Crippen molar-refractivity contribution < 1.29 is 4.39 Å². The predicted octanol–water partition coefficient (Wildman–Crippen LogP) is 3.39. The van der Waals surface area contributed by atoms with E-state index in [1.54, 1.807) is 0 Å². The highest BCUT2D eigenvalue weighted by atomic mass is 79.9. The van der Waals surface area contributed by atoms with Gasteiger partial charge in [-0.3, -0.25) is 0 Å². The van der Waals surface area contributed by atoms with Crippen molar-refractivity contribution in [1.29, 1.82) is 0 Å². The van der Waals surface area contributed by atoms with E-state index >= 15 is 0 Å². The molecule has 1 aromatic rings. The third-order valence-electron chi connectivity index (χ3n) is 2.60. The molecular weight excluding hydrogens is 245 g/mol. The molecule has 0 amide bonds. The lowest BCUT2D eigenvalue weighted by molar-refractivity contribution is 0.582. The molecule has 1 unspecified atom stereocenters. The molecule has 1 saturated carbocycles. The molecule has 2 rings (SSSR count). The van der Waals surface area contributed by atoms with Crippen LogP contribution in [-0.4, -0.2) is 0 Å². The minimum Gasteiger partial charge on any atom is -0.324 e. The first-order valence-electron chi connectivity index (χ1n) is 4.87. The van der Waals surface area contributed by atoms with Gasteiger partial charge in [-0.2, -0.15) is 0 Å². The fourth-order valence-electron chi connectivity index (χ4n) is 1.64. The van der Waals surface area contributed by atoms with E-state index in [0.717, 1.165) is 22.4 Å². The molecule has 0 aliphatic heterocycles. The second-order valence-corrected chi connectivity index (χ2v) is 4.90. The molecule has 2 N–H and O–H groups in total. The molecule has 1 fully saturated rings. The van der Waals surface area contributed by atoms with Gasteiger partial charge in [0, 0.05) is 10.5 Å². The van der Waals surface area contributed by atoms with Crippen LogP contribution >= 0.6 is 15.9 Å². The van der Waals surface area contributed by atoms with E-state index in [1.165, 1.54) is 25.0 Å². The Bertz CT molecular complexity index is 316. The second kappa shape index (κ2) is 3.99. The molecule has 1 atom stereocenters. The summed E-state index contributed by atoms with van der Waals surface area (Å²) in [4.78, 5) is 0. The van der Waals surface area contributed by atoms with Crippen molar-refractivity contribution >= 4 is 15.9 Å². The van der Waals surface area contributed by atoms with Gasteiger partial charge in [0.1, 0.15) is 5.82 Å². The van der Waals surface area contributed by atoms with E-state index in [0.29, 0.717) is 0 Å². The van der Waals surface area contributed by atoms with Crippen molar-refractivity contribution in [3.8, 4) is 0 Å². The average molecular weight is 258 g/mol. The van der Waals surface area contributed by atoms with Gasteiger partial charge in [-0.1, -0.05) is 28.8 Å². The largest absolute Gasteiger partial charge is 0.324 e. The Balaban J connectivity index is 2.12. The Hall–Kier alpha value is -0.410. The minimum atomic E-state index is -0.222. The third kappa shape index (κ3) is 2.55. The van der Waals surface area contributed by atoms with Gasteiger partial charge >= 0.3 is 0 Å². The summed E-state index contributed by atoms with van der Waals surface area (Å²) >= 11 is 3.27. The summed E-state index contributed by atoms with van der Waals surface area (Å²) in [5.41, 5.74) is 6.88. The highest BCUT2D eigenvalue weighted by molar-refractivity contribution is 9.10. The SMILES string of the molecule is NC(CC1CC1)c1cc(F)cc(Br)c1. The van der Waals surface area contributed by atoms with E-state index in [-0.39, 0.29) is 11.9 Å². The normalized spacial score (nSPS) is 18.2. The second-order valence-electron chi connectivity index (χ2n) is 3.99. The number of halogens is 2. The lowest BCUT2D eigenvalue weighted by atomic mass is 10.0. The molecule has 1 aliphatic carbocycles. The molecule has 0 radical (unpaired) electrons. The first-order valence-corrected chi connectivity index (χ1v) is 5.66. The van der Waals surface area contributed by atoms with Crippen LogP contribution < -0.4 is 5.73 Å². The van der Waals surface area contributed by atoms with Gasteiger partial charge in [0.05, 0.1) is 0 Å². The van der Waals surface area contributed by atoms with Gasteiger partial charge in [-0.05, 0) is 36.1 Å². The monoisotopic (exact) mass is 257 g/mol. The van der Waals surface area contributed by atoms with E-state index in [2.05, 4.69) is 15.9 Å². The molecular formula is C11H13BrFN. The minimum absolute atomic E-state index is 0.0190. The lowest BCUT2D eigenvalue weighted by Crippen LogP contribution is -2.11. The van der Waals surface area contributed by atoms with Crippen LogP contribution in [-0.2, 0) is 0 Å². The van der Waals surface area contributed by atoms with Crippen LogP contribution in [0.15, 0.2) is 22.7 Å². The van der Waals surface area contributed by atoms with Gasteiger partial charge in [-0.25, -0.2) is 4.39 Å². The van der Waals surface area contributed by atoms with Crippen molar-refractivity contribution in [2.24, 2.45) is 11.7 Å². The Morgan fingerprint density at radius 1 is 1.43 bits per heavy atom. The number of nitrogens with two attached hydrogens (primary N) is 1. The summed E-state index contributed by atoms with van der Waals surface area (Å²) in [5, 5.41) is 0. The third-order valence-corrected chi connectivity index (χ3v) is 3.06. The molecule has 0 bridgehead atoms. The molecule has 0 heterocycles. The van der Waals surface area contributed by atoms with Crippen molar-refractivity contribution in [3.63, 3.8) is 0 Å². The first kappa shape index (κ1) is 10.1. The molecule has 1 nitrogen and oxygen atoms in total. The summed E-state index contributed by atoms with van der Waals surface area (Å²) in [6.45, 7) is 0. The number of hydrogen-bond acceptors (Lipinski definition) is 1. The standard InChI is InChI=1S/C11H13BrFN/c12-9-4-8(5-10(13)6-9)11(14)3-7-1-2-7/h4-7,11H,1-3,14H2. The van der Waals surface area contributed by atoms with Crippen molar-refractivity contribution in [2.75, 3.05) is 0 Å².